The van der Waals surface area contributed by atoms with Crippen LogP contribution in [0.3, 0.4) is 0 Å². The predicted octanol–water partition coefficient (Wildman–Crippen LogP) is 3.98. The van der Waals surface area contributed by atoms with Gasteiger partial charge in [0.1, 0.15) is 0 Å². The summed E-state index contributed by atoms with van der Waals surface area (Å²) in [5.74, 6) is 0. The van der Waals surface area contributed by atoms with Crippen molar-refractivity contribution < 1.29 is 0 Å². The fourth-order valence-electron chi connectivity index (χ4n) is 0.715. The molecule has 0 aliphatic rings. The number of halogens is 1. The van der Waals surface area contributed by atoms with Gasteiger partial charge in [-0.1, -0.05) is 37.6 Å². The van der Waals surface area contributed by atoms with Crippen molar-refractivity contribution in [2.45, 2.75) is 27.7 Å². The van der Waals surface area contributed by atoms with Crippen molar-refractivity contribution in [2.75, 3.05) is 0 Å². The molecule has 62 valence electrons. The molecule has 0 N–H and O–H groups in total. The van der Waals surface area contributed by atoms with Gasteiger partial charge >= 0.3 is 0 Å². The second kappa shape index (κ2) is 5.20. The lowest BCUT2D eigenvalue weighted by Gasteiger charge is -1.98. The highest BCUT2D eigenvalue weighted by Crippen LogP contribution is 2.16. The second-order valence-electron chi connectivity index (χ2n) is 2.18. The minimum atomic E-state index is 0.856. The molecule has 0 aliphatic heterocycles. The Morgan fingerprint density at radius 3 is 2.00 bits per heavy atom. The van der Waals surface area contributed by atoms with Gasteiger partial charge in [0.2, 0.25) is 0 Å². The predicted molar refractivity (Wildman–Crippen MR) is 52.3 cm³/mol. The molecular formula is C10H15Cl. The molecule has 0 unspecified atom stereocenters. The number of aryl methyl sites for hydroxylation is 1. The summed E-state index contributed by atoms with van der Waals surface area (Å²) >= 11 is 5.81. The van der Waals surface area contributed by atoms with Crippen molar-refractivity contribution in [3.63, 3.8) is 0 Å². The lowest BCUT2D eigenvalue weighted by atomic mass is 10.1. The summed E-state index contributed by atoms with van der Waals surface area (Å²) in [6, 6.07) is 5.93. The molecule has 0 nitrogen and oxygen atoms in total. The summed E-state index contributed by atoms with van der Waals surface area (Å²) in [7, 11) is 0. The molecular weight excluding hydrogens is 156 g/mol. The molecule has 1 aromatic carbocycles. The van der Waals surface area contributed by atoms with E-state index in [1.54, 1.807) is 0 Å². The molecule has 0 radical (unpaired) electrons. The first-order valence-corrected chi connectivity index (χ1v) is 4.31. The number of hydrogen-bond donors (Lipinski definition) is 0. The van der Waals surface area contributed by atoms with Gasteiger partial charge in [0, 0.05) is 5.02 Å². The number of hydrogen-bond acceptors (Lipinski definition) is 0. The topological polar surface area (TPSA) is 0 Å². The lowest BCUT2D eigenvalue weighted by Crippen LogP contribution is -1.78. The molecule has 1 rings (SSSR count). The van der Waals surface area contributed by atoms with E-state index in [1.165, 1.54) is 11.1 Å². The Labute approximate surface area is 74.2 Å². The first-order valence-electron chi connectivity index (χ1n) is 3.93. The number of benzene rings is 1. The zero-order chi connectivity index (χ0) is 8.85. The van der Waals surface area contributed by atoms with E-state index in [2.05, 4.69) is 13.0 Å². The van der Waals surface area contributed by atoms with Crippen molar-refractivity contribution in [1.29, 1.82) is 0 Å². The molecule has 0 fully saturated rings. The highest BCUT2D eigenvalue weighted by Gasteiger charge is 1.93. The van der Waals surface area contributed by atoms with Gasteiger partial charge in [-0.2, -0.15) is 0 Å². The van der Waals surface area contributed by atoms with Crippen molar-refractivity contribution in [2.24, 2.45) is 0 Å². The lowest BCUT2D eigenvalue weighted by molar-refractivity contribution is 1.34. The van der Waals surface area contributed by atoms with Crippen LogP contribution in [-0.2, 0) is 0 Å². The van der Waals surface area contributed by atoms with Gasteiger partial charge < -0.3 is 0 Å². The van der Waals surface area contributed by atoms with E-state index >= 15 is 0 Å². The molecule has 0 aliphatic carbocycles. The van der Waals surface area contributed by atoms with Crippen LogP contribution in [0.15, 0.2) is 18.2 Å². The third kappa shape index (κ3) is 2.94. The average molecular weight is 171 g/mol. The molecule has 1 heteroatoms. The van der Waals surface area contributed by atoms with Crippen LogP contribution in [0.4, 0.5) is 0 Å². The van der Waals surface area contributed by atoms with Crippen LogP contribution in [0, 0.1) is 13.8 Å². The molecule has 0 bridgehead atoms. The maximum atomic E-state index is 5.81. The standard InChI is InChI=1S/C8H9Cl.C2H6/c1-6-4-3-5-8(9)7(6)2;1-2/h3-5H,1-2H3;1-2H3. The third-order valence-electron chi connectivity index (χ3n) is 1.54. The molecule has 0 atom stereocenters. The molecule has 0 heterocycles. The smallest absolute Gasteiger partial charge is 0.0437 e. The minimum Gasteiger partial charge on any atom is -0.0840 e. The van der Waals surface area contributed by atoms with Gasteiger partial charge in [-0.05, 0) is 31.0 Å². The maximum absolute atomic E-state index is 5.81. The van der Waals surface area contributed by atoms with E-state index in [4.69, 9.17) is 11.6 Å². The van der Waals surface area contributed by atoms with E-state index in [0.29, 0.717) is 0 Å². The summed E-state index contributed by atoms with van der Waals surface area (Å²) in [5, 5.41) is 0.856. The fraction of sp³-hybridized carbons (Fsp3) is 0.400. The third-order valence-corrected chi connectivity index (χ3v) is 1.95. The van der Waals surface area contributed by atoms with Crippen LogP contribution in [0.25, 0.3) is 0 Å². The average Bonchev–Trinajstić information content (AvgIpc) is 2.04. The Morgan fingerprint density at radius 2 is 1.64 bits per heavy atom. The summed E-state index contributed by atoms with van der Waals surface area (Å²) in [6.45, 7) is 8.08. The van der Waals surface area contributed by atoms with Gasteiger partial charge in [-0.3, -0.25) is 0 Å². The van der Waals surface area contributed by atoms with Crippen LogP contribution < -0.4 is 0 Å². The fourth-order valence-corrected chi connectivity index (χ4v) is 0.937. The van der Waals surface area contributed by atoms with Crippen LogP contribution in [0.2, 0.25) is 5.02 Å². The molecule has 0 saturated heterocycles. The monoisotopic (exact) mass is 170 g/mol. The Bertz CT molecular complexity index is 196. The van der Waals surface area contributed by atoms with E-state index in [9.17, 15) is 0 Å². The Balaban J connectivity index is 0.000000461. The van der Waals surface area contributed by atoms with E-state index < -0.39 is 0 Å². The molecule has 0 amide bonds. The molecule has 0 spiro atoms. The van der Waals surface area contributed by atoms with Gasteiger partial charge in [0.05, 0.1) is 0 Å². The summed E-state index contributed by atoms with van der Waals surface area (Å²) in [6.07, 6.45) is 0. The zero-order valence-electron chi connectivity index (χ0n) is 7.61. The van der Waals surface area contributed by atoms with Crippen LogP contribution >= 0.6 is 11.6 Å². The Kier molecular flexibility index (Phi) is 4.97. The molecule has 0 aromatic heterocycles. The van der Waals surface area contributed by atoms with Crippen molar-refractivity contribution in [1.82, 2.24) is 0 Å². The normalized spacial score (nSPS) is 8.45. The molecule has 1 aromatic rings. The van der Waals surface area contributed by atoms with Gasteiger partial charge in [0.15, 0.2) is 0 Å². The summed E-state index contributed by atoms with van der Waals surface area (Å²) in [5.41, 5.74) is 2.43. The van der Waals surface area contributed by atoms with Crippen LogP contribution in [0.5, 0.6) is 0 Å². The Morgan fingerprint density at radius 1 is 1.09 bits per heavy atom. The second-order valence-corrected chi connectivity index (χ2v) is 2.59. The largest absolute Gasteiger partial charge is 0.0840 e. The van der Waals surface area contributed by atoms with Crippen molar-refractivity contribution in [3.8, 4) is 0 Å². The van der Waals surface area contributed by atoms with E-state index in [-0.39, 0.29) is 0 Å². The van der Waals surface area contributed by atoms with Crippen LogP contribution in [-0.4, -0.2) is 0 Å². The highest BCUT2D eigenvalue weighted by atomic mass is 35.5. The van der Waals surface area contributed by atoms with Crippen molar-refractivity contribution >= 4 is 11.6 Å². The molecule has 11 heavy (non-hydrogen) atoms. The van der Waals surface area contributed by atoms with Gasteiger partial charge in [-0.25, -0.2) is 0 Å². The first-order chi connectivity index (χ1) is 5.22. The minimum absolute atomic E-state index is 0.856. The first kappa shape index (κ1) is 10.5. The van der Waals surface area contributed by atoms with Gasteiger partial charge in [-0.15, -0.1) is 0 Å². The van der Waals surface area contributed by atoms with Crippen LogP contribution in [0.1, 0.15) is 25.0 Å². The number of rotatable bonds is 0. The van der Waals surface area contributed by atoms with E-state index in [1.807, 2.05) is 32.9 Å². The quantitative estimate of drug-likeness (QED) is 0.553. The van der Waals surface area contributed by atoms with Crippen molar-refractivity contribution in [3.05, 3.63) is 34.3 Å². The highest BCUT2D eigenvalue weighted by molar-refractivity contribution is 6.31. The maximum Gasteiger partial charge on any atom is 0.0437 e. The summed E-state index contributed by atoms with van der Waals surface area (Å²) in [4.78, 5) is 0. The van der Waals surface area contributed by atoms with E-state index in [0.717, 1.165) is 5.02 Å². The summed E-state index contributed by atoms with van der Waals surface area (Å²) < 4.78 is 0. The SMILES string of the molecule is CC.Cc1cccc(Cl)c1C. The molecule has 0 saturated carbocycles. The van der Waals surface area contributed by atoms with Gasteiger partial charge in [0.25, 0.3) is 0 Å². The Hall–Kier alpha value is -0.490. The zero-order valence-corrected chi connectivity index (χ0v) is 8.37.